The van der Waals surface area contributed by atoms with Crippen molar-refractivity contribution in [2.75, 3.05) is 18.1 Å². The number of amides is 3. The van der Waals surface area contributed by atoms with Gasteiger partial charge < -0.3 is 39.5 Å². The van der Waals surface area contributed by atoms with Gasteiger partial charge in [-0.3, -0.25) is 14.5 Å². The number of carbonyl (C=O) groups is 4. The van der Waals surface area contributed by atoms with Gasteiger partial charge in [0.25, 0.3) is 5.91 Å². The van der Waals surface area contributed by atoms with Crippen molar-refractivity contribution < 1.29 is 38.1 Å². The number of fused-ring (bicyclic) bond motifs is 2. The van der Waals surface area contributed by atoms with Gasteiger partial charge in [-0.05, 0) is 24.6 Å². The Balaban J connectivity index is 1.81. The predicted molar refractivity (Wildman–Crippen MR) is 155 cm³/mol. The van der Waals surface area contributed by atoms with Crippen LogP contribution in [0, 0.1) is 11.8 Å². The average molecular weight is 597 g/mol. The fourth-order valence-electron chi connectivity index (χ4n) is 5.29. The highest BCUT2D eigenvalue weighted by molar-refractivity contribution is 7.32. The lowest BCUT2D eigenvalue weighted by Crippen LogP contribution is -2.63. The van der Waals surface area contributed by atoms with Gasteiger partial charge in [0.15, 0.2) is 22.6 Å². The summed E-state index contributed by atoms with van der Waals surface area (Å²) in [6, 6.07) is 9.70. The molecular formula is C24H27B2N5O8P2. The maximum absolute atomic E-state index is 13.4. The van der Waals surface area contributed by atoms with E-state index in [4.69, 9.17) is 35.5 Å². The van der Waals surface area contributed by atoms with E-state index in [9.17, 15) is 24.3 Å². The van der Waals surface area contributed by atoms with Gasteiger partial charge in [-0.1, -0.05) is 31.2 Å². The second kappa shape index (κ2) is 13.2. The van der Waals surface area contributed by atoms with Gasteiger partial charge in [-0.15, -0.1) is 0 Å². The van der Waals surface area contributed by atoms with Crippen LogP contribution < -0.4 is 25.4 Å². The Bertz CT molecular complexity index is 1400. The largest absolute Gasteiger partial charge is 0.483 e. The molecule has 1 fully saturated rings. The van der Waals surface area contributed by atoms with Crippen LogP contribution in [0.1, 0.15) is 13.8 Å². The minimum absolute atomic E-state index is 0.0185. The standard InChI is InChI=1S/C24H27B2N5O8P2/c1-11-15(21(23(35)38-40-28-25)31-20(11)19(12(2)32)22(31)34)9-30(24(36)39-41-29-26)16-7-3-6-14-13(16)5-4-8-17(14)37-10-18(27)33/h3-8,11-12,19-20,28-29,32,40-41H,9-10H2,1-2H3,(H2,27,33)/t11-,12+,19+,20?/m0/s1. The lowest BCUT2D eigenvalue weighted by Gasteiger charge is -2.46. The quantitative estimate of drug-likeness (QED) is 0.155. The minimum Gasteiger partial charge on any atom is -0.483 e. The number of hydrogen-bond donors (Lipinski definition) is 4. The van der Waals surface area contributed by atoms with Gasteiger partial charge in [0.2, 0.25) is 5.91 Å². The van der Waals surface area contributed by atoms with Crippen molar-refractivity contribution in [2.45, 2.75) is 26.0 Å². The zero-order valence-electron chi connectivity index (χ0n) is 22.1. The number of primary amides is 1. The number of benzene rings is 2. The summed E-state index contributed by atoms with van der Waals surface area (Å²) in [6.07, 6.45) is -1.74. The molecule has 4 rings (SSSR count). The van der Waals surface area contributed by atoms with E-state index in [1.54, 1.807) is 36.4 Å². The molecule has 5 N–H and O–H groups in total. The topological polar surface area (TPSA) is 173 Å². The number of hydrogen-bond acceptors (Lipinski definition) is 10. The Labute approximate surface area is 242 Å². The first-order chi connectivity index (χ1) is 19.6. The summed E-state index contributed by atoms with van der Waals surface area (Å²) in [5, 5.41) is 11.4. The van der Waals surface area contributed by atoms with E-state index < -0.39 is 65.8 Å². The van der Waals surface area contributed by atoms with Crippen molar-refractivity contribution in [2.24, 2.45) is 17.6 Å². The van der Waals surface area contributed by atoms with Crippen molar-refractivity contribution in [3.05, 3.63) is 47.7 Å². The molecule has 1 saturated heterocycles. The summed E-state index contributed by atoms with van der Waals surface area (Å²) < 4.78 is 16.1. The number of aliphatic hydroxyl groups excluding tert-OH is 1. The molecule has 0 spiro atoms. The van der Waals surface area contributed by atoms with E-state index in [1.807, 2.05) is 6.92 Å². The lowest BCUT2D eigenvalue weighted by atomic mass is 9.77. The number of nitrogens with zero attached hydrogens (tertiary/aromatic N) is 2. The van der Waals surface area contributed by atoms with Crippen LogP contribution in [-0.2, 0) is 23.4 Å². The molecule has 6 atom stereocenters. The van der Waals surface area contributed by atoms with Crippen LogP contribution in [0.25, 0.3) is 10.8 Å². The van der Waals surface area contributed by atoms with Crippen LogP contribution in [0.15, 0.2) is 47.7 Å². The molecule has 41 heavy (non-hydrogen) atoms. The number of nitrogens with one attached hydrogen (secondary N) is 2. The zero-order chi connectivity index (χ0) is 29.8. The Morgan fingerprint density at radius 1 is 1.12 bits per heavy atom. The highest BCUT2D eigenvalue weighted by Crippen LogP contribution is 2.48. The lowest BCUT2D eigenvalue weighted by molar-refractivity contribution is -0.162. The van der Waals surface area contributed by atoms with Crippen molar-refractivity contribution in [1.82, 2.24) is 14.9 Å². The van der Waals surface area contributed by atoms with E-state index in [1.165, 1.54) is 16.7 Å². The molecule has 212 valence electrons. The molecule has 0 bridgehead atoms. The van der Waals surface area contributed by atoms with E-state index in [-0.39, 0.29) is 18.8 Å². The first-order valence-electron chi connectivity index (χ1n) is 12.4. The van der Waals surface area contributed by atoms with E-state index in [0.29, 0.717) is 27.8 Å². The number of aliphatic hydroxyl groups is 1. The summed E-state index contributed by atoms with van der Waals surface area (Å²) in [7, 11) is 9.47. The predicted octanol–water partition coefficient (Wildman–Crippen LogP) is 0.665. The summed E-state index contributed by atoms with van der Waals surface area (Å²) in [5.41, 5.74) is 6.04. The monoisotopic (exact) mass is 597 g/mol. The van der Waals surface area contributed by atoms with Crippen LogP contribution in [0.5, 0.6) is 5.75 Å². The van der Waals surface area contributed by atoms with Gasteiger partial charge in [0, 0.05) is 16.7 Å². The molecule has 4 radical (unpaired) electrons. The van der Waals surface area contributed by atoms with Crippen LogP contribution in [0.3, 0.4) is 0 Å². The van der Waals surface area contributed by atoms with Crippen molar-refractivity contribution in [3.8, 4) is 5.75 Å². The van der Waals surface area contributed by atoms with Gasteiger partial charge >= 0.3 is 12.1 Å². The molecule has 0 aliphatic carbocycles. The van der Waals surface area contributed by atoms with Crippen LogP contribution in [0.4, 0.5) is 10.5 Å². The van der Waals surface area contributed by atoms with E-state index in [2.05, 4.69) is 10.00 Å². The molecule has 17 heteroatoms. The molecule has 2 aromatic carbocycles. The number of carbonyl (C=O) groups excluding carboxylic acids is 4. The molecule has 0 saturated carbocycles. The third-order valence-corrected chi connectivity index (χ3v) is 7.78. The smallest absolute Gasteiger partial charge is 0.418 e. The zero-order valence-corrected chi connectivity index (χ0v) is 24.1. The molecule has 2 heterocycles. The Hall–Kier alpha value is -3.21. The van der Waals surface area contributed by atoms with Gasteiger partial charge in [0.1, 0.15) is 29.4 Å². The molecule has 2 aliphatic rings. The highest BCUT2D eigenvalue weighted by atomic mass is 31.1. The molecule has 2 aromatic rings. The second-order valence-corrected chi connectivity index (χ2v) is 10.7. The van der Waals surface area contributed by atoms with Crippen LogP contribution in [0.2, 0.25) is 0 Å². The fourth-order valence-corrected chi connectivity index (χ4v) is 5.79. The van der Waals surface area contributed by atoms with Crippen molar-refractivity contribution in [3.63, 3.8) is 0 Å². The van der Waals surface area contributed by atoms with Gasteiger partial charge in [-0.25, -0.2) is 9.59 Å². The number of rotatable bonds is 12. The van der Waals surface area contributed by atoms with Crippen LogP contribution in [-0.4, -0.2) is 75.1 Å². The SMILES string of the molecule is [B]NPOC(=O)C1=C(CN(C(=O)OPN[B])c2cccc3c(OCC(N)=O)cccc23)[C@H](C)C2[C@@H]([C@@H](C)O)C(=O)N12. The van der Waals surface area contributed by atoms with Crippen LogP contribution >= 0.6 is 17.9 Å². The average Bonchev–Trinajstić information content (AvgIpc) is 3.18. The summed E-state index contributed by atoms with van der Waals surface area (Å²) in [4.78, 5) is 58.1. The number of anilines is 1. The van der Waals surface area contributed by atoms with E-state index >= 15 is 0 Å². The normalized spacial score (nSPS) is 20.9. The molecule has 3 unspecified atom stereocenters. The highest BCUT2D eigenvalue weighted by Gasteiger charge is 2.60. The molecule has 2 aliphatic heterocycles. The van der Waals surface area contributed by atoms with Gasteiger partial charge in [0.05, 0.1) is 30.3 Å². The Morgan fingerprint density at radius 2 is 1.78 bits per heavy atom. The summed E-state index contributed by atoms with van der Waals surface area (Å²) >= 11 is 0. The molecule has 0 aromatic heterocycles. The molecular weight excluding hydrogens is 570 g/mol. The first kappa shape index (κ1) is 30.7. The number of nitrogens with two attached hydrogens (primary N) is 1. The third-order valence-electron chi connectivity index (χ3n) is 6.98. The molecule has 13 nitrogen and oxygen atoms in total. The maximum atomic E-state index is 13.4. The summed E-state index contributed by atoms with van der Waals surface area (Å²) in [6.45, 7) is 2.81. The first-order valence-corrected chi connectivity index (χ1v) is 14.2. The van der Waals surface area contributed by atoms with Gasteiger partial charge in [-0.2, -0.15) is 0 Å². The summed E-state index contributed by atoms with van der Waals surface area (Å²) in [5.74, 6) is -2.68. The number of β-lactam (4-membered cyclic amide) rings is 1. The maximum Gasteiger partial charge on any atom is 0.418 e. The Morgan fingerprint density at radius 3 is 2.44 bits per heavy atom. The fraction of sp³-hybridized carbons (Fsp3) is 0.333. The van der Waals surface area contributed by atoms with E-state index in [0.717, 1.165) is 0 Å². The second-order valence-electron chi connectivity index (χ2n) is 9.35. The Kier molecular flexibility index (Phi) is 9.88. The number of ether oxygens (including phenoxy) is 1. The third kappa shape index (κ3) is 6.05. The van der Waals surface area contributed by atoms with Crippen molar-refractivity contribution in [1.29, 1.82) is 0 Å². The minimum atomic E-state index is -0.954. The van der Waals surface area contributed by atoms with Crippen molar-refractivity contribution >= 4 is 74.2 Å². The molecule has 3 amide bonds.